The number of carbonyl (C=O) groups is 1. The van der Waals surface area contributed by atoms with E-state index < -0.39 is 0 Å². The molecule has 0 N–H and O–H groups in total. The summed E-state index contributed by atoms with van der Waals surface area (Å²) in [4.78, 5) is 22.0. The number of rotatable bonds is 5. The lowest BCUT2D eigenvalue weighted by Gasteiger charge is -2.43. The lowest BCUT2D eigenvalue weighted by molar-refractivity contribution is -0.134. The van der Waals surface area contributed by atoms with E-state index >= 15 is 0 Å². The molecule has 1 amide bonds. The van der Waals surface area contributed by atoms with Gasteiger partial charge in [-0.25, -0.2) is 0 Å². The number of hydrogen-bond acceptors (Lipinski definition) is 5. The van der Waals surface area contributed by atoms with Gasteiger partial charge in [0.1, 0.15) is 5.75 Å². The Kier molecular flexibility index (Phi) is 6.28. The molecule has 1 saturated carbocycles. The van der Waals surface area contributed by atoms with Gasteiger partial charge in [0, 0.05) is 70.2 Å². The number of carbonyl (C=O) groups excluding carboxylic acids is 1. The summed E-state index contributed by atoms with van der Waals surface area (Å²) in [5, 5.41) is 0.632. The van der Waals surface area contributed by atoms with Crippen LogP contribution in [0.4, 0.5) is 5.69 Å². The predicted octanol–water partition coefficient (Wildman–Crippen LogP) is 2.17. The second-order valence-corrected chi connectivity index (χ2v) is 8.49. The maximum Gasteiger partial charge on any atom is 0.236 e. The van der Waals surface area contributed by atoms with E-state index in [4.69, 9.17) is 16.3 Å². The van der Waals surface area contributed by atoms with E-state index in [1.165, 1.54) is 19.3 Å². The fourth-order valence-corrected chi connectivity index (χ4v) is 4.58. The van der Waals surface area contributed by atoms with Gasteiger partial charge in [0.25, 0.3) is 0 Å². The number of ether oxygens (including phenoxy) is 1. The van der Waals surface area contributed by atoms with Gasteiger partial charge in [-0.15, -0.1) is 0 Å². The van der Waals surface area contributed by atoms with Crippen molar-refractivity contribution in [1.82, 2.24) is 14.7 Å². The van der Waals surface area contributed by atoms with E-state index in [1.807, 2.05) is 18.2 Å². The number of halogens is 1. The Morgan fingerprint density at radius 3 is 2.39 bits per heavy atom. The molecule has 28 heavy (non-hydrogen) atoms. The maximum atomic E-state index is 12.7. The molecule has 0 spiro atoms. The van der Waals surface area contributed by atoms with Crippen LogP contribution in [0.25, 0.3) is 0 Å². The predicted molar refractivity (Wildman–Crippen MR) is 112 cm³/mol. The first-order valence-electron chi connectivity index (χ1n) is 10.5. The third-order valence-corrected chi connectivity index (χ3v) is 6.80. The number of piperazine rings is 2. The van der Waals surface area contributed by atoms with E-state index in [2.05, 4.69) is 19.6 Å². The molecular weight excluding hydrogens is 376 g/mol. The third-order valence-electron chi connectivity index (χ3n) is 6.49. The number of nitrogens with zero attached hydrogens (tertiary/aromatic N) is 4. The molecule has 7 heteroatoms. The van der Waals surface area contributed by atoms with Crippen LogP contribution in [0.5, 0.6) is 5.75 Å². The van der Waals surface area contributed by atoms with Crippen LogP contribution in [0.2, 0.25) is 5.02 Å². The van der Waals surface area contributed by atoms with E-state index in [0.29, 0.717) is 17.3 Å². The molecule has 3 aliphatic rings. The van der Waals surface area contributed by atoms with Crippen LogP contribution in [0, 0.1) is 0 Å². The summed E-state index contributed by atoms with van der Waals surface area (Å²) in [5.74, 6) is 0.993. The Morgan fingerprint density at radius 1 is 1.07 bits per heavy atom. The quantitative estimate of drug-likeness (QED) is 0.749. The molecule has 3 fully saturated rings. The highest BCUT2D eigenvalue weighted by Crippen LogP contribution is 2.30. The van der Waals surface area contributed by atoms with Crippen molar-refractivity contribution < 1.29 is 9.53 Å². The summed E-state index contributed by atoms with van der Waals surface area (Å²) in [7, 11) is 1.64. The first-order chi connectivity index (χ1) is 13.6. The van der Waals surface area contributed by atoms with Gasteiger partial charge < -0.3 is 14.5 Å². The summed E-state index contributed by atoms with van der Waals surface area (Å²) in [6.07, 6.45) is 4.06. The Morgan fingerprint density at radius 2 is 1.79 bits per heavy atom. The lowest BCUT2D eigenvalue weighted by atomic mass is 9.91. The summed E-state index contributed by atoms with van der Waals surface area (Å²) in [6.45, 7) is 8.03. The number of benzene rings is 1. The topological polar surface area (TPSA) is 39.3 Å². The van der Waals surface area contributed by atoms with Crippen molar-refractivity contribution in [3.8, 4) is 5.75 Å². The summed E-state index contributed by atoms with van der Waals surface area (Å²) in [6, 6.07) is 6.70. The van der Waals surface area contributed by atoms with Crippen molar-refractivity contribution in [1.29, 1.82) is 0 Å². The van der Waals surface area contributed by atoms with Crippen LogP contribution in [0.3, 0.4) is 0 Å². The Hall–Kier alpha value is -1.50. The fourth-order valence-electron chi connectivity index (χ4n) is 4.39. The van der Waals surface area contributed by atoms with Crippen molar-refractivity contribution in [3.63, 3.8) is 0 Å². The molecule has 0 bridgehead atoms. The molecule has 0 radical (unpaired) electrons. The number of methoxy groups -OCH3 is 1. The second-order valence-electron chi connectivity index (χ2n) is 8.08. The van der Waals surface area contributed by atoms with Crippen LogP contribution in [-0.4, -0.2) is 92.7 Å². The fraction of sp³-hybridized carbons (Fsp3) is 0.667. The number of amides is 1. The lowest BCUT2D eigenvalue weighted by Crippen LogP contribution is -2.56. The summed E-state index contributed by atoms with van der Waals surface area (Å²) < 4.78 is 5.33. The minimum atomic E-state index is 0.287. The third kappa shape index (κ3) is 4.39. The standard InChI is InChI=1S/C21H31ClN4O2/c1-28-20-15-18(5-6-19(20)22)25-9-7-23(8-10-25)16-21(27)26-13-11-24(12-14-26)17-3-2-4-17/h5-6,15,17H,2-4,7-14,16H2,1H3. The van der Waals surface area contributed by atoms with Gasteiger partial charge in [-0.05, 0) is 25.0 Å². The Bertz CT molecular complexity index is 681. The molecule has 2 aliphatic heterocycles. The molecule has 1 aromatic carbocycles. The highest BCUT2D eigenvalue weighted by atomic mass is 35.5. The minimum absolute atomic E-state index is 0.287. The van der Waals surface area contributed by atoms with Gasteiger partial charge in [-0.3, -0.25) is 14.6 Å². The molecule has 0 atom stereocenters. The van der Waals surface area contributed by atoms with Gasteiger partial charge in [0.2, 0.25) is 5.91 Å². The van der Waals surface area contributed by atoms with Gasteiger partial charge >= 0.3 is 0 Å². The Labute approximate surface area is 173 Å². The number of hydrogen-bond donors (Lipinski definition) is 0. The molecule has 2 heterocycles. The SMILES string of the molecule is COc1cc(N2CCN(CC(=O)N3CCN(C4CCC4)CC3)CC2)ccc1Cl. The average molecular weight is 407 g/mol. The van der Waals surface area contributed by atoms with Crippen LogP contribution in [0.15, 0.2) is 18.2 Å². The van der Waals surface area contributed by atoms with E-state index in [9.17, 15) is 4.79 Å². The average Bonchev–Trinajstić information content (AvgIpc) is 2.68. The normalized spacial score (nSPS) is 22.2. The van der Waals surface area contributed by atoms with Crippen molar-refractivity contribution in [2.45, 2.75) is 25.3 Å². The van der Waals surface area contributed by atoms with E-state index in [-0.39, 0.29) is 5.91 Å². The smallest absolute Gasteiger partial charge is 0.236 e. The van der Waals surface area contributed by atoms with Crippen LogP contribution in [0.1, 0.15) is 19.3 Å². The van der Waals surface area contributed by atoms with Gasteiger partial charge in [-0.2, -0.15) is 0 Å². The zero-order valence-electron chi connectivity index (χ0n) is 16.8. The molecular formula is C21H31ClN4O2. The van der Waals surface area contributed by atoms with Crippen LogP contribution >= 0.6 is 11.6 Å². The maximum absolute atomic E-state index is 12.7. The molecule has 0 unspecified atom stereocenters. The zero-order chi connectivity index (χ0) is 19.5. The van der Waals surface area contributed by atoms with Crippen LogP contribution in [-0.2, 0) is 4.79 Å². The van der Waals surface area contributed by atoms with Gasteiger partial charge in [0.05, 0.1) is 18.7 Å². The first kappa shape index (κ1) is 19.8. The monoisotopic (exact) mass is 406 g/mol. The van der Waals surface area contributed by atoms with Crippen molar-refractivity contribution >= 4 is 23.2 Å². The minimum Gasteiger partial charge on any atom is -0.495 e. The summed E-state index contributed by atoms with van der Waals surface area (Å²) in [5.41, 5.74) is 1.12. The highest BCUT2D eigenvalue weighted by molar-refractivity contribution is 6.32. The van der Waals surface area contributed by atoms with Gasteiger partial charge in [0.15, 0.2) is 0 Å². The van der Waals surface area contributed by atoms with Crippen molar-refractivity contribution in [2.24, 2.45) is 0 Å². The molecule has 2 saturated heterocycles. The zero-order valence-corrected chi connectivity index (χ0v) is 17.5. The van der Waals surface area contributed by atoms with E-state index in [0.717, 1.165) is 64.1 Å². The van der Waals surface area contributed by atoms with Crippen LogP contribution < -0.4 is 9.64 Å². The first-order valence-corrected chi connectivity index (χ1v) is 10.8. The molecule has 0 aromatic heterocycles. The molecule has 1 aromatic rings. The largest absolute Gasteiger partial charge is 0.495 e. The molecule has 1 aliphatic carbocycles. The highest BCUT2D eigenvalue weighted by Gasteiger charge is 2.30. The Balaban J connectivity index is 1.22. The molecule has 6 nitrogen and oxygen atoms in total. The number of anilines is 1. The van der Waals surface area contributed by atoms with Gasteiger partial charge in [-0.1, -0.05) is 18.0 Å². The molecule has 154 valence electrons. The second kappa shape index (κ2) is 8.89. The van der Waals surface area contributed by atoms with E-state index in [1.54, 1.807) is 7.11 Å². The molecule has 4 rings (SSSR count). The van der Waals surface area contributed by atoms with Crippen molar-refractivity contribution in [2.75, 3.05) is 70.9 Å². The summed E-state index contributed by atoms with van der Waals surface area (Å²) >= 11 is 6.13. The van der Waals surface area contributed by atoms with Crippen molar-refractivity contribution in [3.05, 3.63) is 23.2 Å².